The van der Waals surface area contributed by atoms with Crippen molar-refractivity contribution in [2.24, 2.45) is 0 Å². The second kappa shape index (κ2) is 8.86. The molecule has 0 amide bonds. The Balaban J connectivity index is 2.43. The first kappa shape index (κ1) is 26.7. The molecule has 190 valence electrons. The average Bonchev–Trinajstić information content (AvgIpc) is 2.80. The van der Waals surface area contributed by atoms with Gasteiger partial charge in [-0.2, -0.15) is 0 Å². The van der Waals surface area contributed by atoms with Crippen LogP contribution in [0.2, 0.25) is 0 Å². The predicted molar refractivity (Wildman–Crippen MR) is 127 cm³/mol. The van der Waals surface area contributed by atoms with Crippen LogP contribution in [0.4, 0.5) is 35.1 Å². The lowest BCUT2D eigenvalue weighted by Crippen LogP contribution is -2.24. The minimum absolute atomic E-state index is 0.0366. The van der Waals surface area contributed by atoms with Crippen LogP contribution in [0.5, 0.6) is 5.75 Å². The van der Waals surface area contributed by atoms with E-state index in [1.54, 1.807) is 20.8 Å². The molecule has 0 bridgehead atoms. The van der Waals surface area contributed by atoms with Crippen molar-refractivity contribution in [2.75, 3.05) is 0 Å². The van der Waals surface area contributed by atoms with Crippen molar-refractivity contribution in [1.29, 1.82) is 0 Å². The Morgan fingerprint density at radius 2 is 0.972 bits per heavy atom. The van der Waals surface area contributed by atoms with Gasteiger partial charge in [-0.3, -0.25) is 0 Å². The number of hydrogen-bond acceptors (Lipinski definition) is 1. The maximum absolute atomic E-state index is 15.3. The molecule has 0 aliphatic carbocycles. The van der Waals surface area contributed by atoms with E-state index in [4.69, 9.17) is 4.74 Å². The van der Waals surface area contributed by atoms with Gasteiger partial charge in [0, 0.05) is 37.1 Å². The van der Waals surface area contributed by atoms with Crippen LogP contribution in [-0.2, 0) is 0 Å². The lowest BCUT2D eigenvalue weighted by atomic mass is 9.88. The maximum atomic E-state index is 15.3. The molecule has 4 rings (SSSR count). The third-order valence-corrected chi connectivity index (χ3v) is 6.90. The maximum Gasteiger partial charge on any atom is 0.198 e. The first-order chi connectivity index (χ1) is 16.6. The van der Waals surface area contributed by atoms with Gasteiger partial charge in [0.2, 0.25) is 0 Å². The molecule has 0 heterocycles. The summed E-state index contributed by atoms with van der Waals surface area (Å²) in [6.07, 6.45) is 0. The molecule has 0 radical (unpaired) electrons. The van der Waals surface area contributed by atoms with Crippen molar-refractivity contribution in [1.82, 2.24) is 0 Å². The average molecular weight is 642 g/mol. The summed E-state index contributed by atoms with van der Waals surface area (Å²) in [5.41, 5.74) is -1.98. The van der Waals surface area contributed by atoms with E-state index in [2.05, 4.69) is 31.9 Å². The number of hydrogen-bond donors (Lipinski definition) is 0. The molecule has 1 nitrogen and oxygen atoms in total. The summed E-state index contributed by atoms with van der Waals surface area (Å²) >= 11 is 6.28. The first-order valence-corrected chi connectivity index (χ1v) is 11.8. The Kier molecular flexibility index (Phi) is 6.56. The zero-order chi connectivity index (χ0) is 27.0. The monoisotopic (exact) mass is 640 g/mol. The third kappa shape index (κ3) is 3.95. The van der Waals surface area contributed by atoms with Crippen molar-refractivity contribution < 1.29 is 39.9 Å². The Morgan fingerprint density at radius 3 is 1.42 bits per heavy atom. The van der Waals surface area contributed by atoms with Gasteiger partial charge in [0.1, 0.15) is 11.4 Å². The van der Waals surface area contributed by atoms with E-state index in [1.165, 1.54) is 6.92 Å². The van der Waals surface area contributed by atoms with Crippen LogP contribution in [-0.4, -0.2) is 5.60 Å². The van der Waals surface area contributed by atoms with Gasteiger partial charge in [0.25, 0.3) is 0 Å². The van der Waals surface area contributed by atoms with Gasteiger partial charge in [0.05, 0.1) is 4.47 Å². The van der Waals surface area contributed by atoms with Crippen LogP contribution in [0.1, 0.15) is 26.3 Å². The molecule has 11 heteroatoms. The molecule has 4 aromatic carbocycles. The Morgan fingerprint density at radius 1 is 0.583 bits per heavy atom. The standard InChI is InChI=1S/C25H14Br2F8O/c1-7-10(26)5-8-13(18(30)22(34)20(32)16(8)28)12(7)15-14-9(17(29)21(33)23(35)19(14)31)6-11(27)24(15)36-25(2,3)4/h5-6H,1-4H3. The summed E-state index contributed by atoms with van der Waals surface area (Å²) in [5, 5.41) is -3.21. The number of benzene rings is 4. The highest BCUT2D eigenvalue weighted by atomic mass is 79.9. The number of rotatable bonds is 2. The molecule has 0 aliphatic heterocycles. The molecule has 0 aromatic heterocycles. The van der Waals surface area contributed by atoms with E-state index < -0.39 is 84.8 Å². The highest BCUT2D eigenvalue weighted by molar-refractivity contribution is 9.10. The largest absolute Gasteiger partial charge is 0.486 e. The number of ether oxygens (including phenoxy) is 1. The van der Waals surface area contributed by atoms with Gasteiger partial charge < -0.3 is 4.74 Å². The normalized spacial score (nSPS) is 12.2. The van der Waals surface area contributed by atoms with Gasteiger partial charge >= 0.3 is 0 Å². The molecule has 0 saturated heterocycles. The van der Waals surface area contributed by atoms with Gasteiger partial charge in [-0.05, 0) is 61.3 Å². The second-order valence-electron chi connectivity index (χ2n) is 8.99. The van der Waals surface area contributed by atoms with E-state index in [0.29, 0.717) is 0 Å². The van der Waals surface area contributed by atoms with Crippen LogP contribution < -0.4 is 4.74 Å². The molecule has 0 spiro atoms. The number of fused-ring (bicyclic) bond motifs is 2. The second-order valence-corrected chi connectivity index (χ2v) is 10.7. The van der Waals surface area contributed by atoms with Crippen LogP contribution >= 0.6 is 31.9 Å². The van der Waals surface area contributed by atoms with Crippen LogP contribution in [0, 0.1) is 53.5 Å². The van der Waals surface area contributed by atoms with Crippen LogP contribution in [0.3, 0.4) is 0 Å². The Bertz CT molecular complexity index is 1610. The summed E-state index contributed by atoms with van der Waals surface area (Å²) in [5.74, 6) is -15.9. The molecular formula is C25H14Br2F8O. The highest BCUT2D eigenvalue weighted by Gasteiger charge is 2.32. The zero-order valence-electron chi connectivity index (χ0n) is 18.8. The molecule has 0 aliphatic rings. The molecule has 0 fully saturated rings. The minimum Gasteiger partial charge on any atom is -0.486 e. The summed E-state index contributed by atoms with van der Waals surface area (Å²) in [6, 6.07) is 1.92. The van der Waals surface area contributed by atoms with Crippen LogP contribution in [0.15, 0.2) is 21.1 Å². The molecule has 4 aromatic rings. The van der Waals surface area contributed by atoms with Crippen molar-refractivity contribution >= 4 is 53.4 Å². The first-order valence-electron chi connectivity index (χ1n) is 10.2. The van der Waals surface area contributed by atoms with E-state index >= 15 is 8.78 Å². The summed E-state index contributed by atoms with van der Waals surface area (Å²) in [6.45, 7) is 6.09. The summed E-state index contributed by atoms with van der Waals surface area (Å²) < 4.78 is 123. The van der Waals surface area contributed by atoms with Crippen molar-refractivity contribution in [2.45, 2.75) is 33.3 Å². The SMILES string of the molecule is Cc1c(Br)cc2c(F)c(F)c(F)c(F)c2c1-c1c(OC(C)(C)C)c(Br)cc2c(F)c(F)c(F)c(F)c12. The van der Waals surface area contributed by atoms with Crippen molar-refractivity contribution in [3.8, 4) is 16.9 Å². The summed E-state index contributed by atoms with van der Waals surface area (Å²) in [7, 11) is 0. The van der Waals surface area contributed by atoms with Crippen LogP contribution in [0.25, 0.3) is 32.7 Å². The number of halogens is 10. The summed E-state index contributed by atoms with van der Waals surface area (Å²) in [4.78, 5) is 0. The zero-order valence-corrected chi connectivity index (χ0v) is 22.0. The third-order valence-electron chi connectivity index (χ3n) is 5.48. The molecule has 0 N–H and O–H groups in total. The van der Waals surface area contributed by atoms with E-state index in [-0.39, 0.29) is 20.3 Å². The van der Waals surface area contributed by atoms with Gasteiger partial charge in [-0.25, -0.2) is 35.1 Å². The van der Waals surface area contributed by atoms with Crippen molar-refractivity contribution in [3.05, 3.63) is 73.2 Å². The fourth-order valence-electron chi connectivity index (χ4n) is 3.98. The topological polar surface area (TPSA) is 9.23 Å². The lowest BCUT2D eigenvalue weighted by molar-refractivity contribution is 0.131. The van der Waals surface area contributed by atoms with Gasteiger partial charge in [0.15, 0.2) is 46.5 Å². The Hall–Kier alpha value is -2.40. The highest BCUT2D eigenvalue weighted by Crippen LogP contribution is 2.51. The molecule has 0 atom stereocenters. The lowest BCUT2D eigenvalue weighted by Gasteiger charge is -2.27. The van der Waals surface area contributed by atoms with Gasteiger partial charge in [-0.1, -0.05) is 15.9 Å². The van der Waals surface area contributed by atoms with E-state index in [0.717, 1.165) is 12.1 Å². The molecule has 0 unspecified atom stereocenters. The molecule has 0 saturated carbocycles. The predicted octanol–water partition coefficient (Wildman–Crippen LogP) is 9.78. The molecule has 36 heavy (non-hydrogen) atoms. The van der Waals surface area contributed by atoms with Crippen molar-refractivity contribution in [3.63, 3.8) is 0 Å². The smallest absolute Gasteiger partial charge is 0.198 e. The minimum atomic E-state index is -2.16. The fraction of sp³-hybridized carbons (Fsp3) is 0.200. The quantitative estimate of drug-likeness (QED) is 0.120. The van der Waals surface area contributed by atoms with Gasteiger partial charge in [-0.15, -0.1) is 0 Å². The van der Waals surface area contributed by atoms with E-state index in [9.17, 15) is 26.3 Å². The van der Waals surface area contributed by atoms with E-state index in [1.807, 2.05) is 0 Å². The molecular weight excluding hydrogens is 628 g/mol. The fourth-order valence-corrected chi connectivity index (χ4v) is 4.92. The Labute approximate surface area is 216 Å².